The topological polar surface area (TPSA) is 79.2 Å². The van der Waals surface area contributed by atoms with E-state index in [0.717, 1.165) is 31.8 Å². The molecule has 0 bridgehead atoms. The van der Waals surface area contributed by atoms with Gasteiger partial charge in [0.05, 0.1) is 25.2 Å². The molecule has 0 aliphatic heterocycles. The zero-order chi connectivity index (χ0) is 20.8. The maximum absolute atomic E-state index is 12.3. The lowest BCUT2D eigenvalue weighted by molar-refractivity contribution is -0.153. The number of carbonyl (C=O) groups is 1. The third kappa shape index (κ3) is 10.7. The second-order valence-electron chi connectivity index (χ2n) is 7.68. The minimum Gasteiger partial charge on any atom is -0.464 e. The summed E-state index contributed by atoms with van der Waals surface area (Å²) in [5, 5.41) is 18.8. The van der Waals surface area contributed by atoms with E-state index in [1.165, 1.54) is 0 Å². The SMILES string of the molecule is CCN(CC)CCOC(=O)C(C)(C)CSCCCOCC(CC)(CO)CO. The maximum atomic E-state index is 12.3. The van der Waals surface area contributed by atoms with Crippen LogP contribution in [-0.2, 0) is 14.3 Å². The van der Waals surface area contributed by atoms with Gasteiger partial charge in [-0.2, -0.15) is 11.8 Å². The Balaban J connectivity index is 3.93. The third-order valence-corrected chi connectivity index (χ3v) is 6.46. The minimum absolute atomic E-state index is 0.0701. The Kier molecular flexibility index (Phi) is 14.4. The largest absolute Gasteiger partial charge is 0.464 e. The molecular weight excluding hydrogens is 366 g/mol. The van der Waals surface area contributed by atoms with Gasteiger partial charge in [-0.1, -0.05) is 20.8 Å². The summed E-state index contributed by atoms with van der Waals surface area (Å²) < 4.78 is 11.1. The summed E-state index contributed by atoms with van der Waals surface area (Å²) in [7, 11) is 0. The monoisotopic (exact) mass is 407 g/mol. The highest BCUT2D eigenvalue weighted by atomic mass is 32.2. The van der Waals surface area contributed by atoms with Crippen LogP contribution < -0.4 is 0 Å². The van der Waals surface area contributed by atoms with Crippen LogP contribution in [0, 0.1) is 10.8 Å². The highest BCUT2D eigenvalue weighted by molar-refractivity contribution is 7.99. The molecule has 0 fully saturated rings. The van der Waals surface area contributed by atoms with Crippen LogP contribution in [0.1, 0.15) is 47.5 Å². The van der Waals surface area contributed by atoms with Crippen LogP contribution in [0.15, 0.2) is 0 Å². The third-order valence-electron chi connectivity index (χ3n) is 4.96. The predicted molar refractivity (Wildman–Crippen MR) is 112 cm³/mol. The number of aliphatic hydroxyl groups excluding tert-OH is 2. The lowest BCUT2D eigenvalue weighted by Gasteiger charge is -2.27. The molecule has 6 nitrogen and oxygen atoms in total. The van der Waals surface area contributed by atoms with E-state index in [1.54, 1.807) is 11.8 Å². The Morgan fingerprint density at radius 1 is 1.07 bits per heavy atom. The van der Waals surface area contributed by atoms with Crippen molar-refractivity contribution in [2.45, 2.75) is 47.5 Å². The number of thioether (sulfide) groups is 1. The number of esters is 1. The van der Waals surface area contributed by atoms with Gasteiger partial charge in [-0.15, -0.1) is 0 Å². The molecule has 0 aromatic heterocycles. The molecule has 0 aliphatic rings. The summed E-state index contributed by atoms with van der Waals surface area (Å²) >= 11 is 1.72. The Morgan fingerprint density at radius 3 is 2.22 bits per heavy atom. The van der Waals surface area contributed by atoms with Gasteiger partial charge in [-0.3, -0.25) is 4.79 Å². The van der Waals surface area contributed by atoms with Gasteiger partial charge in [0.15, 0.2) is 0 Å². The fourth-order valence-electron chi connectivity index (χ4n) is 2.41. The first-order chi connectivity index (χ1) is 12.8. The van der Waals surface area contributed by atoms with E-state index in [4.69, 9.17) is 9.47 Å². The summed E-state index contributed by atoms with van der Waals surface area (Å²) in [4.78, 5) is 14.5. The van der Waals surface area contributed by atoms with Crippen LogP contribution in [0.25, 0.3) is 0 Å². The molecular formula is C20H41NO5S. The number of ether oxygens (including phenoxy) is 2. The highest BCUT2D eigenvalue weighted by Gasteiger charge is 2.29. The fraction of sp³-hybridized carbons (Fsp3) is 0.950. The van der Waals surface area contributed by atoms with Crippen LogP contribution in [0.3, 0.4) is 0 Å². The summed E-state index contributed by atoms with van der Waals surface area (Å²) in [5.74, 6) is 1.47. The first kappa shape index (κ1) is 26.7. The van der Waals surface area contributed by atoms with Crippen molar-refractivity contribution in [3.8, 4) is 0 Å². The number of rotatable bonds is 17. The molecule has 162 valence electrons. The van der Waals surface area contributed by atoms with Crippen LogP contribution in [-0.4, -0.2) is 85.3 Å². The van der Waals surface area contributed by atoms with Gasteiger partial charge >= 0.3 is 5.97 Å². The molecule has 0 unspecified atom stereocenters. The Bertz CT molecular complexity index is 376. The molecule has 0 amide bonds. The second-order valence-corrected chi connectivity index (χ2v) is 8.78. The predicted octanol–water partition coefficient (Wildman–Crippen LogP) is 2.42. The van der Waals surface area contributed by atoms with E-state index in [2.05, 4.69) is 18.7 Å². The molecule has 0 rings (SSSR count). The average Bonchev–Trinajstić information content (AvgIpc) is 2.67. The summed E-state index contributed by atoms with van der Waals surface area (Å²) in [6.07, 6.45) is 1.55. The molecule has 0 saturated carbocycles. The van der Waals surface area contributed by atoms with Gasteiger partial charge < -0.3 is 24.6 Å². The fourth-order valence-corrected chi connectivity index (χ4v) is 3.50. The van der Waals surface area contributed by atoms with Crippen molar-refractivity contribution in [2.75, 3.05) is 64.2 Å². The van der Waals surface area contributed by atoms with Gasteiger partial charge in [-0.25, -0.2) is 0 Å². The molecule has 0 spiro atoms. The van der Waals surface area contributed by atoms with Crippen molar-refractivity contribution in [1.29, 1.82) is 0 Å². The second kappa shape index (κ2) is 14.6. The van der Waals surface area contributed by atoms with Gasteiger partial charge in [0.25, 0.3) is 0 Å². The standard InChI is InChI=1S/C20H41NO5S/c1-6-20(14-22,15-23)16-25-11-9-13-27-17-19(4,5)18(24)26-12-10-21(7-2)8-3/h22-23H,6-17H2,1-5H3. The Labute approximate surface area is 170 Å². The number of hydrogen-bond acceptors (Lipinski definition) is 7. The molecule has 27 heavy (non-hydrogen) atoms. The zero-order valence-electron chi connectivity index (χ0n) is 18.0. The van der Waals surface area contributed by atoms with E-state index >= 15 is 0 Å². The lowest BCUT2D eigenvalue weighted by Crippen LogP contribution is -2.34. The molecule has 0 heterocycles. The van der Waals surface area contributed by atoms with E-state index in [1.807, 2.05) is 20.8 Å². The molecule has 2 N–H and O–H groups in total. The van der Waals surface area contributed by atoms with E-state index in [-0.39, 0.29) is 19.2 Å². The zero-order valence-corrected chi connectivity index (χ0v) is 18.8. The van der Waals surface area contributed by atoms with Crippen LogP contribution >= 0.6 is 11.8 Å². The van der Waals surface area contributed by atoms with Crippen molar-refractivity contribution in [3.63, 3.8) is 0 Å². The number of aliphatic hydroxyl groups is 2. The van der Waals surface area contributed by atoms with Crippen LogP contribution in [0.2, 0.25) is 0 Å². The van der Waals surface area contributed by atoms with Crippen molar-refractivity contribution in [3.05, 3.63) is 0 Å². The summed E-state index contributed by atoms with van der Waals surface area (Å²) in [6.45, 7) is 14.0. The van der Waals surface area contributed by atoms with Crippen molar-refractivity contribution < 1.29 is 24.5 Å². The van der Waals surface area contributed by atoms with E-state index < -0.39 is 10.8 Å². The molecule has 0 radical (unpaired) electrons. The average molecular weight is 408 g/mol. The van der Waals surface area contributed by atoms with Crippen molar-refractivity contribution >= 4 is 17.7 Å². The quantitative estimate of drug-likeness (QED) is 0.283. The van der Waals surface area contributed by atoms with Crippen LogP contribution in [0.5, 0.6) is 0 Å². The van der Waals surface area contributed by atoms with E-state index in [9.17, 15) is 15.0 Å². The lowest BCUT2D eigenvalue weighted by atomic mass is 9.88. The number of carbonyl (C=O) groups excluding carboxylic acids is 1. The van der Waals surface area contributed by atoms with E-state index in [0.29, 0.717) is 32.0 Å². The van der Waals surface area contributed by atoms with Crippen molar-refractivity contribution in [2.24, 2.45) is 10.8 Å². The Morgan fingerprint density at radius 2 is 1.70 bits per heavy atom. The normalized spacial score (nSPS) is 12.6. The van der Waals surface area contributed by atoms with Gasteiger partial charge in [0.1, 0.15) is 6.61 Å². The van der Waals surface area contributed by atoms with Crippen LogP contribution in [0.4, 0.5) is 0 Å². The van der Waals surface area contributed by atoms with Crippen molar-refractivity contribution in [1.82, 2.24) is 4.90 Å². The Hall–Kier alpha value is -0.340. The number of likely N-dealkylation sites (N-methyl/N-ethyl adjacent to an activating group) is 1. The molecule has 0 aromatic rings. The molecule has 0 saturated heterocycles. The smallest absolute Gasteiger partial charge is 0.312 e. The maximum Gasteiger partial charge on any atom is 0.312 e. The number of hydrogen-bond donors (Lipinski definition) is 2. The molecule has 0 aromatic carbocycles. The highest BCUT2D eigenvalue weighted by Crippen LogP contribution is 2.24. The van der Waals surface area contributed by atoms with Gasteiger partial charge in [-0.05, 0) is 45.5 Å². The molecule has 0 atom stereocenters. The van der Waals surface area contributed by atoms with Gasteiger partial charge in [0.2, 0.25) is 0 Å². The first-order valence-corrected chi connectivity index (χ1v) is 11.2. The summed E-state index contributed by atoms with van der Waals surface area (Å²) in [5.41, 5.74) is -1.04. The molecule has 0 aliphatic carbocycles. The summed E-state index contributed by atoms with van der Waals surface area (Å²) in [6, 6.07) is 0. The first-order valence-electron chi connectivity index (χ1n) is 10.1. The molecule has 7 heteroatoms. The van der Waals surface area contributed by atoms with Gasteiger partial charge in [0, 0.05) is 24.3 Å². The minimum atomic E-state index is -0.538. The number of nitrogens with zero attached hydrogens (tertiary/aromatic N) is 1.